The molecule has 3 aromatic heterocycles. The first-order valence-electron chi connectivity index (χ1n) is 20.1. The van der Waals surface area contributed by atoms with E-state index in [4.69, 9.17) is 9.47 Å². The van der Waals surface area contributed by atoms with E-state index in [0.29, 0.717) is 49.4 Å². The number of carbonyl (C=O) groups is 4. The van der Waals surface area contributed by atoms with Gasteiger partial charge in [-0.1, -0.05) is 24.6 Å². The zero-order valence-corrected chi connectivity index (χ0v) is 32.4. The number of imide groups is 1. The van der Waals surface area contributed by atoms with Crippen LogP contribution in [-0.2, 0) is 16.0 Å². The van der Waals surface area contributed by atoms with Crippen LogP contribution in [0, 0.1) is 5.92 Å². The number of halogens is 2. The number of Topliss-reactive ketones (excluding diaryl/α,β-unsaturated/α-hetero) is 1. The van der Waals surface area contributed by atoms with Gasteiger partial charge in [0.2, 0.25) is 0 Å². The molecule has 0 radical (unpaired) electrons. The van der Waals surface area contributed by atoms with Crippen molar-refractivity contribution in [3.63, 3.8) is 0 Å². The van der Waals surface area contributed by atoms with Gasteiger partial charge in [-0.15, -0.1) is 0 Å². The first kappa shape index (κ1) is 39.7. The molecular weight excluding hydrogens is 765 g/mol. The minimum atomic E-state index is -2.86. The van der Waals surface area contributed by atoms with E-state index in [-0.39, 0.29) is 34.2 Å². The van der Waals surface area contributed by atoms with Gasteiger partial charge < -0.3 is 25.0 Å². The standard InChI is InChI=1S/C42H45F2N9O6/c43-38(44)36-32(47-40(55)31-24-46-52-18-16-34(48-39(31)52)51-19-21-58-22-20-51)25-53(50-36)28-12-8-27(9-13-28)23-45-17-3-1-2-5-26-10-14-29(15-11-26)59-33-7-4-6-30-35(33)41(56)49-42(57)37(30)54/h4,6-7,10-11,14-16,18,24-25,27-28,38,45H,1-3,5,8-9,12-13,17,19-23H2,(H,47,55)(H,49,56,57). The van der Waals surface area contributed by atoms with Crippen LogP contribution in [0.4, 0.5) is 20.3 Å². The summed E-state index contributed by atoms with van der Waals surface area (Å²) in [5.41, 5.74) is 1.30. The molecule has 0 bridgehead atoms. The van der Waals surface area contributed by atoms with Crippen molar-refractivity contribution in [1.82, 2.24) is 35.0 Å². The Hall–Kier alpha value is -6.07. The summed E-state index contributed by atoms with van der Waals surface area (Å²) < 4.78 is 42.7. The molecule has 308 valence electrons. The van der Waals surface area contributed by atoms with Gasteiger partial charge >= 0.3 is 0 Å². The smallest absolute Gasteiger partial charge is 0.299 e. The van der Waals surface area contributed by atoms with Crippen molar-refractivity contribution in [2.24, 2.45) is 5.92 Å². The van der Waals surface area contributed by atoms with Crippen LogP contribution in [0.1, 0.15) is 99.7 Å². The highest BCUT2D eigenvalue weighted by Crippen LogP contribution is 2.35. The fourth-order valence-electron chi connectivity index (χ4n) is 7.94. The molecule has 15 nitrogen and oxygen atoms in total. The number of unbranched alkanes of at least 4 members (excludes halogenated alkanes) is 2. The number of morpholine rings is 1. The molecule has 5 heterocycles. The van der Waals surface area contributed by atoms with Crippen LogP contribution in [0.25, 0.3) is 5.65 Å². The van der Waals surface area contributed by atoms with Gasteiger partial charge in [-0.25, -0.2) is 18.3 Å². The van der Waals surface area contributed by atoms with Crippen LogP contribution in [-0.4, -0.2) is 87.3 Å². The Labute approximate surface area is 338 Å². The molecule has 3 amide bonds. The number of benzene rings is 2. The molecule has 5 aromatic rings. The third-order valence-electron chi connectivity index (χ3n) is 11.2. The molecule has 1 saturated heterocycles. The maximum atomic E-state index is 14.2. The highest BCUT2D eigenvalue weighted by Gasteiger charge is 2.33. The fraction of sp³-hybridized carbons (Fsp3) is 0.405. The minimum Gasteiger partial charge on any atom is -0.457 e. The Morgan fingerprint density at radius 2 is 1.76 bits per heavy atom. The third-order valence-corrected chi connectivity index (χ3v) is 11.2. The number of fused-ring (bicyclic) bond motifs is 2. The first-order chi connectivity index (χ1) is 28.7. The maximum absolute atomic E-state index is 14.2. The molecule has 59 heavy (non-hydrogen) atoms. The molecule has 2 aliphatic heterocycles. The molecule has 0 unspecified atom stereocenters. The molecule has 8 rings (SSSR count). The number of anilines is 2. The summed E-state index contributed by atoms with van der Waals surface area (Å²) >= 11 is 0. The van der Waals surface area contributed by atoms with Crippen LogP contribution >= 0.6 is 0 Å². The summed E-state index contributed by atoms with van der Waals surface area (Å²) in [4.78, 5) is 56.4. The summed E-state index contributed by atoms with van der Waals surface area (Å²) in [7, 11) is 0. The lowest BCUT2D eigenvalue weighted by Crippen LogP contribution is -2.42. The Morgan fingerprint density at radius 3 is 2.54 bits per heavy atom. The summed E-state index contributed by atoms with van der Waals surface area (Å²) in [6.45, 7) is 4.33. The quantitative estimate of drug-likeness (QED) is 0.0650. The van der Waals surface area contributed by atoms with E-state index in [1.807, 2.05) is 30.3 Å². The van der Waals surface area contributed by atoms with Gasteiger partial charge in [-0.3, -0.25) is 29.2 Å². The lowest BCUT2D eigenvalue weighted by molar-refractivity contribution is -0.116. The predicted octanol–water partition coefficient (Wildman–Crippen LogP) is 5.93. The number of amides is 3. The van der Waals surface area contributed by atoms with Crippen LogP contribution in [0.15, 0.2) is 67.1 Å². The molecule has 0 spiro atoms. The number of aryl methyl sites for hydroxylation is 1. The van der Waals surface area contributed by atoms with Gasteiger partial charge in [-0.2, -0.15) is 10.2 Å². The van der Waals surface area contributed by atoms with Crippen molar-refractivity contribution in [2.45, 2.75) is 63.8 Å². The van der Waals surface area contributed by atoms with E-state index >= 15 is 0 Å². The van der Waals surface area contributed by atoms with Crippen molar-refractivity contribution in [3.05, 3.63) is 95.1 Å². The number of ketones is 1. The second-order valence-corrected chi connectivity index (χ2v) is 15.1. The van der Waals surface area contributed by atoms with Crippen molar-refractivity contribution in [1.29, 1.82) is 0 Å². The minimum absolute atomic E-state index is 0.0127. The number of rotatable bonds is 15. The van der Waals surface area contributed by atoms with Gasteiger partial charge in [0, 0.05) is 31.0 Å². The number of nitrogens with zero attached hydrogens (tertiary/aromatic N) is 6. The Balaban J connectivity index is 0.752. The topological polar surface area (TPSA) is 174 Å². The average molecular weight is 810 g/mol. The third kappa shape index (κ3) is 9.00. The number of aromatic nitrogens is 5. The van der Waals surface area contributed by atoms with Crippen molar-refractivity contribution < 1.29 is 37.4 Å². The molecular formula is C42H45F2N9O6. The zero-order valence-electron chi connectivity index (χ0n) is 32.4. The first-order valence-corrected chi connectivity index (χ1v) is 20.1. The SMILES string of the molecule is O=C1NC(=O)c2c(Oc3ccc(CCCCCNCC4CCC(n5cc(NC(=O)c6cnn7ccc(N8CCOCC8)nc67)c(C(F)F)n5)CC4)cc3)cccc2C1=O. The van der Waals surface area contributed by atoms with E-state index in [2.05, 4.69) is 36.0 Å². The molecule has 2 fully saturated rings. The van der Waals surface area contributed by atoms with Gasteiger partial charge in [0.1, 0.15) is 22.9 Å². The lowest BCUT2D eigenvalue weighted by Gasteiger charge is -2.29. The number of alkyl halides is 2. The van der Waals surface area contributed by atoms with E-state index < -0.39 is 35.6 Å². The Bertz CT molecular complexity index is 2330. The summed E-state index contributed by atoms with van der Waals surface area (Å²) in [5, 5.41) is 16.8. The highest BCUT2D eigenvalue weighted by atomic mass is 19.3. The molecule has 2 aromatic carbocycles. The molecule has 3 N–H and O–H groups in total. The Kier molecular flexibility index (Phi) is 12.0. The van der Waals surface area contributed by atoms with Crippen molar-refractivity contribution in [3.8, 4) is 11.5 Å². The number of hydrogen-bond acceptors (Lipinski definition) is 11. The molecule has 1 aliphatic carbocycles. The second-order valence-electron chi connectivity index (χ2n) is 15.1. The van der Waals surface area contributed by atoms with E-state index in [1.165, 1.54) is 23.0 Å². The maximum Gasteiger partial charge on any atom is 0.299 e. The van der Waals surface area contributed by atoms with Crippen molar-refractivity contribution in [2.75, 3.05) is 49.6 Å². The molecule has 3 aliphatic rings. The second kappa shape index (κ2) is 17.8. The fourth-order valence-corrected chi connectivity index (χ4v) is 7.94. The monoisotopic (exact) mass is 809 g/mol. The highest BCUT2D eigenvalue weighted by molar-refractivity contribution is 6.49. The summed E-state index contributed by atoms with van der Waals surface area (Å²) in [5.74, 6) is -1.04. The lowest BCUT2D eigenvalue weighted by atomic mass is 9.86. The largest absolute Gasteiger partial charge is 0.457 e. The zero-order chi connectivity index (χ0) is 40.9. The van der Waals surface area contributed by atoms with Crippen LogP contribution in [0.2, 0.25) is 0 Å². The normalized spacial score (nSPS) is 18.3. The van der Waals surface area contributed by atoms with E-state index in [1.54, 1.807) is 23.0 Å². The van der Waals surface area contributed by atoms with Gasteiger partial charge in [0.05, 0.1) is 36.7 Å². The van der Waals surface area contributed by atoms with Gasteiger partial charge in [0.25, 0.3) is 29.9 Å². The van der Waals surface area contributed by atoms with E-state index in [0.717, 1.165) is 70.0 Å². The van der Waals surface area contributed by atoms with Gasteiger partial charge in [0.15, 0.2) is 11.3 Å². The van der Waals surface area contributed by atoms with E-state index in [9.17, 15) is 28.0 Å². The number of ether oxygens (including phenoxy) is 2. The Morgan fingerprint density at radius 1 is 0.966 bits per heavy atom. The number of nitrogens with one attached hydrogen (secondary N) is 3. The summed E-state index contributed by atoms with van der Waals surface area (Å²) in [6.07, 6.45) is 9.31. The molecule has 1 saturated carbocycles. The number of carbonyl (C=O) groups excluding carboxylic acids is 4. The molecule has 17 heteroatoms. The number of hydrogen-bond donors (Lipinski definition) is 3. The van der Waals surface area contributed by atoms with Crippen molar-refractivity contribution >= 4 is 40.7 Å². The van der Waals surface area contributed by atoms with Crippen LogP contribution in [0.5, 0.6) is 11.5 Å². The van der Waals surface area contributed by atoms with Crippen LogP contribution in [0.3, 0.4) is 0 Å². The molecule has 0 atom stereocenters. The predicted molar refractivity (Wildman–Crippen MR) is 212 cm³/mol. The average Bonchev–Trinajstić information content (AvgIpc) is 3.88. The summed E-state index contributed by atoms with van der Waals surface area (Å²) in [6, 6.07) is 14.0. The van der Waals surface area contributed by atoms with Gasteiger partial charge in [-0.05, 0) is 99.8 Å². The van der Waals surface area contributed by atoms with Crippen LogP contribution < -0.4 is 25.6 Å².